The second kappa shape index (κ2) is 12.5. The molecule has 0 bridgehead atoms. The van der Waals surface area contributed by atoms with Crippen LogP contribution in [0.25, 0.3) is 136 Å². The topological polar surface area (TPSA) is 26.6 Å². The highest BCUT2D eigenvalue weighted by atomic mass is 15.0. The van der Waals surface area contributed by atoms with Crippen molar-refractivity contribution in [2.24, 2.45) is 0 Å². The van der Waals surface area contributed by atoms with Crippen LogP contribution < -0.4 is 0 Å². The lowest BCUT2D eigenvalue weighted by atomic mass is 9.84. The number of nitrogens with zero attached hydrogens (tertiary/aromatic N) is 4. The van der Waals surface area contributed by atoms with E-state index in [0.29, 0.717) is 0 Å². The van der Waals surface area contributed by atoms with Gasteiger partial charge in [-0.1, -0.05) is 139 Å². The van der Waals surface area contributed by atoms with Crippen LogP contribution in [0.3, 0.4) is 0 Å². The predicted octanol–water partition coefficient (Wildman–Crippen LogP) is 17.0. The third-order valence-electron chi connectivity index (χ3n) is 15.4. The summed E-state index contributed by atoms with van der Waals surface area (Å²) < 4.78 is 7.48. The molecule has 0 N–H and O–H groups in total. The minimum absolute atomic E-state index is 0.0306. The molecule has 318 valence electrons. The van der Waals surface area contributed by atoms with Crippen molar-refractivity contribution >= 4 is 120 Å². The molecule has 6 heterocycles. The quantitative estimate of drug-likeness (QED) is 0.170. The standard InChI is InChI=1S/C63H46N4/c1-62(2,3)38-25-27-52-46(31-38)47-32-39(63(4,5)6)33-49-57-54-48-30-36-17-11-13-21-42(36)56-55-41-20-12-10-16-35(41)28-44(59(55)66(60(48)56)53(54)34-64-61(57)67(52)58(47)49)37-24-26-51-45(29-37)43-22-14-15-23-50(43)65(51)40-18-8-7-9-19-40/h7-34H,1-6H3. The Kier molecular flexibility index (Phi) is 6.94. The van der Waals surface area contributed by atoms with E-state index < -0.39 is 0 Å². The van der Waals surface area contributed by atoms with E-state index in [2.05, 4.69) is 225 Å². The number of para-hydroxylation sites is 2. The van der Waals surface area contributed by atoms with Crippen molar-refractivity contribution in [3.63, 3.8) is 0 Å². The van der Waals surface area contributed by atoms with Gasteiger partial charge >= 0.3 is 0 Å². The first-order valence-corrected chi connectivity index (χ1v) is 23.7. The van der Waals surface area contributed by atoms with Crippen LogP contribution in [0.1, 0.15) is 52.7 Å². The zero-order valence-electron chi connectivity index (χ0n) is 38.5. The Bertz CT molecular complexity index is 4620. The second-order valence-corrected chi connectivity index (χ2v) is 21.2. The number of hydrogen-bond donors (Lipinski definition) is 0. The van der Waals surface area contributed by atoms with E-state index in [1.54, 1.807) is 0 Å². The lowest BCUT2D eigenvalue weighted by molar-refractivity contribution is 0.590. The molecule has 4 nitrogen and oxygen atoms in total. The highest BCUT2D eigenvalue weighted by Gasteiger charge is 2.30. The third-order valence-corrected chi connectivity index (χ3v) is 15.4. The SMILES string of the molecule is CC(C)(C)c1ccc2c(c1)c1cc(C(C)(C)C)cc3c4c5c6cc7ccccc7c7c8c9ccccc9cc(-c9ccc%10c(c9)c9ccccc9n%10-c9ccccc9)c8n(c5cnc4n2c13)c67. The molecular weight excluding hydrogens is 813 g/mol. The predicted molar refractivity (Wildman–Crippen MR) is 286 cm³/mol. The molecule has 0 saturated carbocycles. The van der Waals surface area contributed by atoms with Crippen LogP contribution in [0.5, 0.6) is 0 Å². The molecule has 15 aromatic rings. The molecule has 0 spiro atoms. The summed E-state index contributed by atoms with van der Waals surface area (Å²) in [4.78, 5) is 5.59. The van der Waals surface area contributed by atoms with Gasteiger partial charge in [0.05, 0.1) is 44.8 Å². The van der Waals surface area contributed by atoms with Gasteiger partial charge in [-0.3, -0.25) is 4.40 Å². The summed E-state index contributed by atoms with van der Waals surface area (Å²) in [5.41, 5.74) is 15.8. The lowest BCUT2D eigenvalue weighted by Gasteiger charge is -2.20. The molecule has 0 unspecified atom stereocenters. The van der Waals surface area contributed by atoms with Gasteiger partial charge in [0.25, 0.3) is 0 Å². The highest BCUT2D eigenvalue weighted by molar-refractivity contribution is 6.41. The summed E-state index contributed by atoms with van der Waals surface area (Å²) in [7, 11) is 0. The first-order valence-electron chi connectivity index (χ1n) is 23.7. The molecule has 0 fully saturated rings. The molecule has 0 aliphatic carbocycles. The minimum atomic E-state index is -0.0585. The average Bonchev–Trinajstić information content (AvgIpc) is 4.13. The van der Waals surface area contributed by atoms with Crippen molar-refractivity contribution in [1.29, 1.82) is 0 Å². The van der Waals surface area contributed by atoms with Crippen molar-refractivity contribution in [3.8, 4) is 16.8 Å². The number of hydrogen-bond acceptors (Lipinski definition) is 1. The summed E-state index contributed by atoms with van der Waals surface area (Å²) in [6.07, 6.45) is 2.19. The normalized spacial score (nSPS) is 13.2. The number of rotatable bonds is 2. The van der Waals surface area contributed by atoms with Gasteiger partial charge in [-0.15, -0.1) is 0 Å². The largest absolute Gasteiger partial charge is 0.309 e. The van der Waals surface area contributed by atoms with Crippen LogP contribution in [0.15, 0.2) is 170 Å². The Labute approximate surface area is 386 Å². The minimum Gasteiger partial charge on any atom is -0.309 e. The van der Waals surface area contributed by atoms with Gasteiger partial charge in [0.2, 0.25) is 0 Å². The maximum Gasteiger partial charge on any atom is 0.146 e. The van der Waals surface area contributed by atoms with Gasteiger partial charge in [0.1, 0.15) is 5.65 Å². The van der Waals surface area contributed by atoms with E-state index in [9.17, 15) is 0 Å². The van der Waals surface area contributed by atoms with E-state index in [-0.39, 0.29) is 10.8 Å². The van der Waals surface area contributed by atoms with Crippen molar-refractivity contribution < 1.29 is 0 Å². The fourth-order valence-corrected chi connectivity index (χ4v) is 12.2. The van der Waals surface area contributed by atoms with Crippen molar-refractivity contribution in [2.45, 2.75) is 52.4 Å². The molecular formula is C63H46N4. The molecule has 0 amide bonds. The Hall–Kier alpha value is -7.95. The second-order valence-electron chi connectivity index (χ2n) is 21.2. The average molecular weight is 859 g/mol. The smallest absolute Gasteiger partial charge is 0.146 e. The molecule has 0 radical (unpaired) electrons. The fourth-order valence-electron chi connectivity index (χ4n) is 12.2. The maximum atomic E-state index is 5.59. The van der Waals surface area contributed by atoms with Gasteiger partial charge in [0, 0.05) is 65.1 Å². The lowest BCUT2D eigenvalue weighted by Crippen LogP contribution is -2.11. The third kappa shape index (κ3) is 4.74. The first kappa shape index (κ1) is 37.3. The summed E-state index contributed by atoms with van der Waals surface area (Å²) >= 11 is 0. The highest BCUT2D eigenvalue weighted by Crippen LogP contribution is 2.52. The van der Waals surface area contributed by atoms with Crippen LogP contribution in [-0.2, 0) is 10.8 Å². The van der Waals surface area contributed by atoms with Crippen molar-refractivity contribution in [1.82, 2.24) is 18.4 Å². The summed E-state index contributed by atoms with van der Waals surface area (Å²) in [5, 5.41) is 17.8. The Balaban J connectivity index is 1.14. The zero-order chi connectivity index (χ0) is 44.8. The molecule has 6 aromatic heterocycles. The van der Waals surface area contributed by atoms with Crippen LogP contribution in [0, 0.1) is 0 Å². The van der Waals surface area contributed by atoms with Crippen LogP contribution in [-0.4, -0.2) is 18.4 Å². The number of fused-ring (bicyclic) bond motifs is 20. The Morgan fingerprint density at radius 1 is 0.373 bits per heavy atom. The van der Waals surface area contributed by atoms with E-state index >= 15 is 0 Å². The monoisotopic (exact) mass is 858 g/mol. The fraction of sp³-hybridized carbons (Fsp3) is 0.127. The van der Waals surface area contributed by atoms with Gasteiger partial charge < -0.3 is 8.97 Å². The number of benzene rings is 9. The molecule has 0 saturated heterocycles. The molecule has 15 rings (SSSR count). The van der Waals surface area contributed by atoms with Gasteiger partial charge in [-0.25, -0.2) is 4.98 Å². The van der Waals surface area contributed by atoms with Crippen LogP contribution in [0.4, 0.5) is 0 Å². The van der Waals surface area contributed by atoms with Gasteiger partial charge in [-0.2, -0.15) is 0 Å². The van der Waals surface area contributed by atoms with E-state index in [0.717, 1.165) is 16.9 Å². The van der Waals surface area contributed by atoms with E-state index in [1.165, 1.54) is 131 Å². The summed E-state index contributed by atoms with van der Waals surface area (Å²) in [6.45, 7) is 14.0. The Morgan fingerprint density at radius 2 is 0.970 bits per heavy atom. The number of pyridine rings is 1. The zero-order valence-corrected chi connectivity index (χ0v) is 38.5. The van der Waals surface area contributed by atoms with Gasteiger partial charge in [0.15, 0.2) is 0 Å². The van der Waals surface area contributed by atoms with Crippen molar-refractivity contribution in [3.05, 3.63) is 181 Å². The summed E-state index contributed by atoms with van der Waals surface area (Å²) in [6, 6.07) is 61.7. The molecule has 0 aliphatic rings. The van der Waals surface area contributed by atoms with E-state index in [1.807, 2.05) is 0 Å². The molecule has 4 heteroatoms. The van der Waals surface area contributed by atoms with Crippen LogP contribution in [0.2, 0.25) is 0 Å². The molecule has 0 atom stereocenters. The van der Waals surface area contributed by atoms with E-state index in [4.69, 9.17) is 4.98 Å². The first-order chi connectivity index (χ1) is 32.5. The maximum absolute atomic E-state index is 5.59. The molecule has 67 heavy (non-hydrogen) atoms. The van der Waals surface area contributed by atoms with Crippen molar-refractivity contribution in [2.75, 3.05) is 0 Å². The number of aromatic nitrogens is 4. The molecule has 9 aromatic carbocycles. The summed E-state index contributed by atoms with van der Waals surface area (Å²) in [5.74, 6) is 0. The molecule has 0 aliphatic heterocycles. The van der Waals surface area contributed by atoms with Crippen LogP contribution >= 0.6 is 0 Å². The van der Waals surface area contributed by atoms with Gasteiger partial charge in [-0.05, 0) is 116 Å². The Morgan fingerprint density at radius 3 is 1.73 bits per heavy atom.